The fourth-order valence-electron chi connectivity index (χ4n) is 1.59. The van der Waals surface area contributed by atoms with Gasteiger partial charge in [-0.25, -0.2) is 8.42 Å². The van der Waals surface area contributed by atoms with Crippen molar-refractivity contribution in [2.24, 2.45) is 0 Å². The molecule has 8 nitrogen and oxygen atoms in total. The quantitative estimate of drug-likeness (QED) is 0.306. The molecular formula is C12H15NO7S. The minimum absolute atomic E-state index is 0.0518. The number of sulfone groups is 1. The predicted octanol–water partition coefficient (Wildman–Crippen LogP) is 1.23. The minimum atomic E-state index is -3.09. The first-order chi connectivity index (χ1) is 9.78. The zero-order valence-electron chi connectivity index (χ0n) is 11.6. The van der Waals surface area contributed by atoms with Gasteiger partial charge in [-0.2, -0.15) is 0 Å². The van der Waals surface area contributed by atoms with Gasteiger partial charge in [-0.1, -0.05) is 0 Å². The van der Waals surface area contributed by atoms with E-state index in [9.17, 15) is 23.3 Å². The highest BCUT2D eigenvalue weighted by Gasteiger charge is 2.19. The maximum atomic E-state index is 11.0. The van der Waals surface area contributed by atoms with Crippen LogP contribution in [0.25, 0.3) is 0 Å². The first-order valence-corrected chi connectivity index (χ1v) is 7.96. The Labute approximate surface area is 121 Å². The number of carbonyl (C=O) groups excluding carboxylic acids is 1. The molecule has 0 unspecified atom stereocenters. The van der Waals surface area contributed by atoms with Gasteiger partial charge < -0.3 is 9.47 Å². The molecule has 1 aromatic rings. The van der Waals surface area contributed by atoms with Crippen molar-refractivity contribution in [3.63, 3.8) is 0 Å². The van der Waals surface area contributed by atoms with Crippen molar-refractivity contribution in [3.05, 3.63) is 27.8 Å². The highest BCUT2D eigenvalue weighted by molar-refractivity contribution is 7.90. The van der Waals surface area contributed by atoms with Crippen LogP contribution >= 0.6 is 0 Å². The SMILES string of the molecule is COc1cc(C=O)c([N+](=O)[O-])cc1OCCCS(C)(=O)=O. The third-order valence-electron chi connectivity index (χ3n) is 2.55. The maximum absolute atomic E-state index is 11.0. The summed E-state index contributed by atoms with van der Waals surface area (Å²) in [6, 6.07) is 2.29. The Hall–Kier alpha value is -2.16. The number of nitro benzene ring substituents is 1. The van der Waals surface area contributed by atoms with E-state index in [1.165, 1.54) is 13.2 Å². The molecule has 0 aliphatic heterocycles. The summed E-state index contributed by atoms with van der Waals surface area (Å²) in [6.45, 7) is 0.0566. The Morgan fingerprint density at radius 3 is 2.48 bits per heavy atom. The van der Waals surface area contributed by atoms with E-state index in [0.29, 0.717) is 6.29 Å². The highest BCUT2D eigenvalue weighted by Crippen LogP contribution is 2.34. The average Bonchev–Trinajstić information content (AvgIpc) is 2.41. The summed E-state index contributed by atoms with van der Waals surface area (Å²) in [7, 11) is -1.76. The zero-order chi connectivity index (χ0) is 16.0. The molecule has 0 fully saturated rings. The van der Waals surface area contributed by atoms with Crippen molar-refractivity contribution in [1.29, 1.82) is 0 Å². The van der Waals surface area contributed by atoms with Gasteiger partial charge in [-0.05, 0) is 6.42 Å². The van der Waals surface area contributed by atoms with Crippen LogP contribution < -0.4 is 9.47 Å². The zero-order valence-corrected chi connectivity index (χ0v) is 12.4. The van der Waals surface area contributed by atoms with Crippen molar-refractivity contribution in [2.75, 3.05) is 25.7 Å². The lowest BCUT2D eigenvalue weighted by atomic mass is 10.1. The molecule has 116 valence electrons. The molecule has 0 saturated carbocycles. The van der Waals surface area contributed by atoms with Crippen LogP contribution in [0.3, 0.4) is 0 Å². The molecule has 1 aromatic carbocycles. The van der Waals surface area contributed by atoms with Crippen LogP contribution in [0.5, 0.6) is 11.5 Å². The van der Waals surface area contributed by atoms with E-state index in [4.69, 9.17) is 9.47 Å². The molecule has 0 atom stereocenters. The van der Waals surface area contributed by atoms with Gasteiger partial charge in [0.15, 0.2) is 17.8 Å². The number of methoxy groups -OCH3 is 1. The monoisotopic (exact) mass is 317 g/mol. The molecule has 0 aliphatic rings. The molecule has 0 aromatic heterocycles. The summed E-state index contributed by atoms with van der Waals surface area (Å²) in [5.74, 6) is 0.203. The molecule has 0 amide bonds. The lowest BCUT2D eigenvalue weighted by molar-refractivity contribution is -0.385. The number of nitrogens with zero attached hydrogens (tertiary/aromatic N) is 1. The molecule has 21 heavy (non-hydrogen) atoms. The number of rotatable bonds is 8. The molecule has 0 aliphatic carbocycles. The third-order valence-corrected chi connectivity index (χ3v) is 3.58. The summed E-state index contributed by atoms with van der Waals surface area (Å²) in [4.78, 5) is 21.0. The van der Waals surface area contributed by atoms with Gasteiger partial charge in [0.1, 0.15) is 9.84 Å². The molecule has 0 N–H and O–H groups in total. The largest absolute Gasteiger partial charge is 0.493 e. The van der Waals surface area contributed by atoms with E-state index < -0.39 is 20.4 Å². The van der Waals surface area contributed by atoms with Gasteiger partial charge in [0.25, 0.3) is 5.69 Å². The standard InChI is InChI=1S/C12H15NO7S/c1-19-11-6-9(8-14)10(13(15)16)7-12(11)20-4-3-5-21(2,17)18/h6-8H,3-5H2,1-2H3. The number of hydrogen-bond donors (Lipinski definition) is 0. The van der Waals surface area contributed by atoms with Crippen LogP contribution in [0.4, 0.5) is 5.69 Å². The summed E-state index contributed by atoms with van der Waals surface area (Å²) in [5, 5.41) is 10.9. The van der Waals surface area contributed by atoms with E-state index in [0.717, 1.165) is 12.3 Å². The van der Waals surface area contributed by atoms with Crippen molar-refractivity contribution in [2.45, 2.75) is 6.42 Å². The lowest BCUT2D eigenvalue weighted by Crippen LogP contribution is -2.08. The highest BCUT2D eigenvalue weighted by atomic mass is 32.2. The summed E-state index contributed by atoms with van der Waals surface area (Å²) >= 11 is 0. The fraction of sp³-hybridized carbons (Fsp3) is 0.417. The average molecular weight is 317 g/mol. The Balaban J connectivity index is 2.92. The van der Waals surface area contributed by atoms with Crippen molar-refractivity contribution < 1.29 is 27.6 Å². The molecule has 1 rings (SSSR count). The second kappa shape index (κ2) is 7.02. The van der Waals surface area contributed by atoms with Gasteiger partial charge in [0.2, 0.25) is 0 Å². The Kier molecular flexibility index (Phi) is 5.65. The van der Waals surface area contributed by atoms with Gasteiger partial charge >= 0.3 is 0 Å². The topological polar surface area (TPSA) is 113 Å². The summed E-state index contributed by atoms with van der Waals surface area (Å²) < 4.78 is 32.3. The Morgan fingerprint density at radius 2 is 2.00 bits per heavy atom. The molecule has 0 spiro atoms. The first-order valence-electron chi connectivity index (χ1n) is 5.90. The first kappa shape index (κ1) is 16.9. The number of benzene rings is 1. The number of ether oxygens (including phenoxy) is 2. The van der Waals surface area contributed by atoms with Crippen LogP contribution in [0.15, 0.2) is 12.1 Å². The van der Waals surface area contributed by atoms with E-state index in [2.05, 4.69) is 0 Å². The van der Waals surface area contributed by atoms with Gasteiger partial charge in [0, 0.05) is 12.3 Å². The number of hydrogen-bond acceptors (Lipinski definition) is 7. The van der Waals surface area contributed by atoms with E-state index in [1.807, 2.05) is 0 Å². The molecule has 0 bridgehead atoms. The summed E-state index contributed by atoms with van der Waals surface area (Å²) in [5.41, 5.74) is -0.524. The van der Waals surface area contributed by atoms with E-state index in [-0.39, 0.29) is 35.8 Å². The Bertz CT molecular complexity index is 639. The third kappa shape index (κ3) is 5.03. The van der Waals surface area contributed by atoms with E-state index in [1.54, 1.807) is 0 Å². The molecular weight excluding hydrogens is 302 g/mol. The van der Waals surface area contributed by atoms with Crippen molar-refractivity contribution >= 4 is 21.8 Å². The van der Waals surface area contributed by atoms with Crippen LogP contribution in [0, 0.1) is 10.1 Å². The van der Waals surface area contributed by atoms with Gasteiger partial charge in [-0.3, -0.25) is 14.9 Å². The van der Waals surface area contributed by atoms with Crippen molar-refractivity contribution in [3.8, 4) is 11.5 Å². The Morgan fingerprint density at radius 1 is 1.33 bits per heavy atom. The minimum Gasteiger partial charge on any atom is -0.493 e. The normalized spacial score (nSPS) is 11.0. The van der Waals surface area contributed by atoms with Crippen LogP contribution in [0.1, 0.15) is 16.8 Å². The van der Waals surface area contributed by atoms with Gasteiger partial charge in [-0.15, -0.1) is 0 Å². The smallest absolute Gasteiger partial charge is 0.283 e. The second-order valence-electron chi connectivity index (χ2n) is 4.27. The van der Waals surface area contributed by atoms with Crippen LogP contribution in [-0.4, -0.2) is 45.4 Å². The maximum Gasteiger partial charge on any atom is 0.283 e. The number of nitro groups is 1. The molecule has 9 heteroatoms. The molecule has 0 saturated heterocycles. The number of carbonyl (C=O) groups is 1. The predicted molar refractivity (Wildman–Crippen MR) is 74.9 cm³/mol. The number of aldehydes is 1. The molecule has 0 heterocycles. The van der Waals surface area contributed by atoms with Crippen LogP contribution in [0.2, 0.25) is 0 Å². The fourth-order valence-corrected chi connectivity index (χ4v) is 2.24. The van der Waals surface area contributed by atoms with E-state index >= 15 is 0 Å². The summed E-state index contributed by atoms with van der Waals surface area (Å²) in [6.07, 6.45) is 1.70. The second-order valence-corrected chi connectivity index (χ2v) is 6.53. The van der Waals surface area contributed by atoms with Crippen LogP contribution in [-0.2, 0) is 9.84 Å². The van der Waals surface area contributed by atoms with Gasteiger partial charge in [0.05, 0.1) is 36.0 Å². The molecule has 0 radical (unpaired) electrons. The van der Waals surface area contributed by atoms with Crippen molar-refractivity contribution in [1.82, 2.24) is 0 Å². The lowest BCUT2D eigenvalue weighted by Gasteiger charge is -2.11.